The molecule has 1 aromatic carbocycles. The summed E-state index contributed by atoms with van der Waals surface area (Å²) >= 11 is 0. The van der Waals surface area contributed by atoms with E-state index in [-0.39, 0.29) is 17.4 Å². The molecule has 110 valence electrons. The van der Waals surface area contributed by atoms with E-state index in [2.05, 4.69) is 20.8 Å². The Hall–Kier alpha value is -2.83. The van der Waals surface area contributed by atoms with Crippen LogP contribution in [0.4, 0.5) is 5.82 Å². The third-order valence-corrected chi connectivity index (χ3v) is 2.89. The molecule has 2 rings (SSSR count). The fraction of sp³-hybridized carbons (Fsp3) is 0.214. The summed E-state index contributed by atoms with van der Waals surface area (Å²) in [6, 6.07) is 8.46. The Labute approximate surface area is 122 Å². The molecular weight excluding hydrogens is 272 g/mol. The predicted octanol–water partition coefficient (Wildman–Crippen LogP) is 1.16. The number of phenolic OH excluding ortho intramolecular Hbond substituents is 1. The third kappa shape index (κ3) is 3.38. The monoisotopic (exact) mass is 288 g/mol. The van der Waals surface area contributed by atoms with E-state index in [1.54, 1.807) is 30.3 Å². The Bertz CT molecular complexity index is 629. The van der Waals surface area contributed by atoms with Crippen LogP contribution in [0.2, 0.25) is 0 Å². The number of para-hydroxylation sites is 1. The van der Waals surface area contributed by atoms with Crippen molar-refractivity contribution in [2.24, 2.45) is 0 Å². The molecule has 0 saturated carbocycles. The van der Waals surface area contributed by atoms with E-state index in [0.717, 1.165) is 0 Å². The van der Waals surface area contributed by atoms with Crippen molar-refractivity contribution >= 4 is 11.7 Å². The summed E-state index contributed by atoms with van der Waals surface area (Å²) in [5, 5.41) is 23.2. The first-order chi connectivity index (χ1) is 10.2. The van der Waals surface area contributed by atoms with Crippen LogP contribution >= 0.6 is 0 Å². The highest BCUT2D eigenvalue weighted by Gasteiger charge is 2.08. The molecule has 0 aliphatic rings. The predicted molar refractivity (Wildman–Crippen MR) is 77.4 cm³/mol. The van der Waals surface area contributed by atoms with Gasteiger partial charge in [0.25, 0.3) is 5.91 Å². The van der Waals surface area contributed by atoms with Gasteiger partial charge in [0.15, 0.2) is 17.2 Å². The van der Waals surface area contributed by atoms with Gasteiger partial charge in [-0.2, -0.15) is 0 Å². The Morgan fingerprint density at radius 1 is 1.29 bits per heavy atom. The summed E-state index contributed by atoms with van der Waals surface area (Å²) in [5.41, 5.74) is 0.916. The van der Waals surface area contributed by atoms with Crippen molar-refractivity contribution in [3.05, 3.63) is 41.6 Å². The molecule has 7 heteroatoms. The molecule has 0 aliphatic carbocycles. The lowest BCUT2D eigenvalue weighted by atomic mass is 10.2. The molecule has 3 N–H and O–H groups in total. The minimum atomic E-state index is -0.292. The summed E-state index contributed by atoms with van der Waals surface area (Å²) in [5.74, 6) is 0.710. The molecule has 1 amide bonds. The zero-order chi connectivity index (χ0) is 15.2. The molecule has 0 aliphatic heterocycles. The summed E-state index contributed by atoms with van der Waals surface area (Å²) in [6.07, 6.45) is 0. The quantitative estimate of drug-likeness (QED) is 0.764. The Kier molecular flexibility index (Phi) is 4.55. The van der Waals surface area contributed by atoms with Gasteiger partial charge in [-0.25, -0.2) is 0 Å². The van der Waals surface area contributed by atoms with Gasteiger partial charge in [0.2, 0.25) is 0 Å². The molecule has 0 unspecified atom stereocenters. The first-order valence-corrected chi connectivity index (χ1v) is 6.30. The second-order valence-corrected chi connectivity index (χ2v) is 4.20. The van der Waals surface area contributed by atoms with Crippen LogP contribution < -0.4 is 15.4 Å². The maximum absolute atomic E-state index is 11.3. The molecule has 0 atom stereocenters. The van der Waals surface area contributed by atoms with Crippen LogP contribution in [0.1, 0.15) is 16.1 Å². The number of ether oxygens (including phenoxy) is 1. The molecule has 2 aromatic rings. The van der Waals surface area contributed by atoms with Crippen molar-refractivity contribution in [1.82, 2.24) is 15.5 Å². The van der Waals surface area contributed by atoms with Gasteiger partial charge in [0.1, 0.15) is 5.82 Å². The van der Waals surface area contributed by atoms with Gasteiger partial charge >= 0.3 is 0 Å². The second kappa shape index (κ2) is 6.56. The van der Waals surface area contributed by atoms with Gasteiger partial charge in [-0.3, -0.25) is 4.79 Å². The van der Waals surface area contributed by atoms with E-state index in [0.29, 0.717) is 23.7 Å². The number of nitrogens with one attached hydrogen (secondary N) is 2. The minimum Gasteiger partial charge on any atom is -0.504 e. The molecule has 0 fully saturated rings. The van der Waals surface area contributed by atoms with Crippen LogP contribution in [0.15, 0.2) is 30.3 Å². The molecule has 21 heavy (non-hydrogen) atoms. The standard InChI is InChI=1S/C14H16N4O3/c1-15-14(20)10-6-7-12(18-17-10)16-8-9-4-3-5-11(21-2)13(9)19/h3-7,19H,8H2,1-2H3,(H,15,20)(H,16,18). The van der Waals surface area contributed by atoms with Crippen LogP contribution in [0.5, 0.6) is 11.5 Å². The zero-order valence-corrected chi connectivity index (χ0v) is 11.8. The maximum atomic E-state index is 11.3. The van der Waals surface area contributed by atoms with Gasteiger partial charge in [-0.05, 0) is 18.2 Å². The summed E-state index contributed by atoms with van der Waals surface area (Å²) in [4.78, 5) is 11.3. The van der Waals surface area contributed by atoms with Crippen LogP contribution in [0.3, 0.4) is 0 Å². The SMILES string of the molecule is CNC(=O)c1ccc(NCc2cccc(OC)c2O)nn1. The maximum Gasteiger partial charge on any atom is 0.271 e. The summed E-state index contributed by atoms with van der Waals surface area (Å²) in [6.45, 7) is 0.358. The van der Waals surface area contributed by atoms with E-state index in [4.69, 9.17) is 4.74 Å². The summed E-state index contributed by atoms with van der Waals surface area (Å²) < 4.78 is 5.04. The third-order valence-electron chi connectivity index (χ3n) is 2.89. The normalized spacial score (nSPS) is 10.0. The number of hydrogen-bond acceptors (Lipinski definition) is 6. The topological polar surface area (TPSA) is 96.4 Å². The first-order valence-electron chi connectivity index (χ1n) is 6.30. The molecule has 0 bridgehead atoms. The van der Waals surface area contributed by atoms with E-state index in [9.17, 15) is 9.90 Å². The Morgan fingerprint density at radius 2 is 2.10 bits per heavy atom. The largest absolute Gasteiger partial charge is 0.504 e. The second-order valence-electron chi connectivity index (χ2n) is 4.20. The average molecular weight is 288 g/mol. The van der Waals surface area contributed by atoms with Crippen molar-refractivity contribution in [3.8, 4) is 11.5 Å². The van der Waals surface area contributed by atoms with Crippen LogP contribution in [-0.4, -0.2) is 35.4 Å². The van der Waals surface area contributed by atoms with E-state index >= 15 is 0 Å². The Balaban J connectivity index is 2.05. The van der Waals surface area contributed by atoms with Crippen LogP contribution in [0.25, 0.3) is 0 Å². The van der Waals surface area contributed by atoms with Crippen molar-refractivity contribution in [2.75, 3.05) is 19.5 Å². The van der Waals surface area contributed by atoms with Gasteiger partial charge in [0.05, 0.1) is 7.11 Å². The number of hydrogen-bond donors (Lipinski definition) is 3. The van der Waals surface area contributed by atoms with E-state index < -0.39 is 0 Å². The Morgan fingerprint density at radius 3 is 2.71 bits per heavy atom. The van der Waals surface area contributed by atoms with Crippen molar-refractivity contribution in [3.63, 3.8) is 0 Å². The lowest BCUT2D eigenvalue weighted by Crippen LogP contribution is -2.19. The summed E-state index contributed by atoms with van der Waals surface area (Å²) in [7, 11) is 3.02. The smallest absolute Gasteiger partial charge is 0.271 e. The van der Waals surface area contributed by atoms with Crippen molar-refractivity contribution in [2.45, 2.75) is 6.54 Å². The van der Waals surface area contributed by atoms with Gasteiger partial charge in [0, 0.05) is 19.2 Å². The van der Waals surface area contributed by atoms with E-state index in [1.807, 2.05) is 0 Å². The number of amides is 1. The molecule has 0 radical (unpaired) electrons. The molecule has 1 aromatic heterocycles. The van der Waals surface area contributed by atoms with E-state index in [1.165, 1.54) is 14.2 Å². The molecule has 7 nitrogen and oxygen atoms in total. The molecule has 0 saturated heterocycles. The number of anilines is 1. The van der Waals surface area contributed by atoms with Gasteiger partial charge in [-0.15, -0.1) is 10.2 Å². The van der Waals surface area contributed by atoms with Crippen LogP contribution in [0, 0.1) is 0 Å². The first kappa shape index (κ1) is 14.6. The lowest BCUT2D eigenvalue weighted by Gasteiger charge is -2.10. The number of nitrogens with zero attached hydrogens (tertiary/aromatic N) is 2. The molecule has 1 heterocycles. The number of phenols is 1. The fourth-order valence-electron chi connectivity index (χ4n) is 1.74. The highest BCUT2D eigenvalue weighted by molar-refractivity contribution is 5.91. The number of carbonyl (C=O) groups excluding carboxylic acids is 1. The van der Waals surface area contributed by atoms with Crippen molar-refractivity contribution < 1.29 is 14.6 Å². The lowest BCUT2D eigenvalue weighted by molar-refractivity contribution is 0.0957. The minimum absolute atomic E-state index is 0.0856. The number of carbonyl (C=O) groups is 1. The number of methoxy groups -OCH3 is 1. The highest BCUT2D eigenvalue weighted by Crippen LogP contribution is 2.29. The average Bonchev–Trinajstić information content (AvgIpc) is 2.53. The molecular formula is C14H16N4O3. The highest BCUT2D eigenvalue weighted by atomic mass is 16.5. The fourth-order valence-corrected chi connectivity index (χ4v) is 1.74. The van der Waals surface area contributed by atoms with Gasteiger partial charge in [-0.1, -0.05) is 12.1 Å². The number of benzene rings is 1. The van der Waals surface area contributed by atoms with Gasteiger partial charge < -0.3 is 20.5 Å². The number of aromatic hydroxyl groups is 1. The number of rotatable bonds is 5. The molecule has 0 spiro atoms. The zero-order valence-electron chi connectivity index (χ0n) is 11.8. The van der Waals surface area contributed by atoms with Crippen LogP contribution in [-0.2, 0) is 6.54 Å². The number of aromatic nitrogens is 2. The van der Waals surface area contributed by atoms with Crippen molar-refractivity contribution in [1.29, 1.82) is 0 Å².